The van der Waals surface area contributed by atoms with Gasteiger partial charge in [-0.2, -0.15) is 0 Å². The monoisotopic (exact) mass is 250 g/mol. The molecule has 18 heavy (non-hydrogen) atoms. The van der Waals surface area contributed by atoms with Gasteiger partial charge < -0.3 is 4.57 Å². The average molecular weight is 250 g/mol. The maximum Gasteiger partial charge on any atom is 0.127 e. The van der Waals surface area contributed by atoms with Crippen molar-refractivity contribution in [3.63, 3.8) is 0 Å². The van der Waals surface area contributed by atoms with Gasteiger partial charge in [0.15, 0.2) is 0 Å². The number of aryl methyl sites for hydroxylation is 1. The van der Waals surface area contributed by atoms with Crippen LogP contribution in [0.15, 0.2) is 12.4 Å². The molecule has 1 unspecified atom stereocenters. The van der Waals surface area contributed by atoms with Gasteiger partial charge in [0.1, 0.15) is 5.82 Å². The van der Waals surface area contributed by atoms with E-state index in [1.165, 1.54) is 44.9 Å². The van der Waals surface area contributed by atoms with Crippen molar-refractivity contribution in [3.8, 4) is 0 Å². The standard InChI is InChI=1S/C14H26N4/c1-2-18-11-10-16-14(18)13(17-15)12-8-6-4-3-5-7-9-12/h10-13,17H,2-9,15H2,1H3. The van der Waals surface area contributed by atoms with Crippen LogP contribution in [0.1, 0.15) is 63.7 Å². The lowest BCUT2D eigenvalue weighted by atomic mass is 9.85. The fourth-order valence-electron chi connectivity index (χ4n) is 3.11. The number of imidazole rings is 1. The fraction of sp³-hybridized carbons (Fsp3) is 0.786. The van der Waals surface area contributed by atoms with Crippen molar-refractivity contribution in [2.45, 2.75) is 64.5 Å². The summed E-state index contributed by atoms with van der Waals surface area (Å²) in [4.78, 5) is 4.51. The van der Waals surface area contributed by atoms with E-state index < -0.39 is 0 Å². The first kappa shape index (κ1) is 13.6. The molecular formula is C14H26N4. The van der Waals surface area contributed by atoms with Gasteiger partial charge in [-0.15, -0.1) is 0 Å². The summed E-state index contributed by atoms with van der Waals surface area (Å²) >= 11 is 0. The highest BCUT2D eigenvalue weighted by Gasteiger charge is 2.25. The summed E-state index contributed by atoms with van der Waals surface area (Å²) < 4.78 is 2.20. The number of hydrogen-bond acceptors (Lipinski definition) is 3. The third-order valence-corrected chi connectivity index (χ3v) is 4.17. The molecule has 102 valence electrons. The van der Waals surface area contributed by atoms with Crippen LogP contribution in [0.5, 0.6) is 0 Å². The molecule has 0 saturated heterocycles. The van der Waals surface area contributed by atoms with E-state index in [9.17, 15) is 0 Å². The Bertz CT molecular complexity index is 339. The maximum atomic E-state index is 5.81. The van der Waals surface area contributed by atoms with Gasteiger partial charge >= 0.3 is 0 Å². The quantitative estimate of drug-likeness (QED) is 0.638. The highest BCUT2D eigenvalue weighted by molar-refractivity contribution is 5.01. The van der Waals surface area contributed by atoms with E-state index in [-0.39, 0.29) is 6.04 Å². The summed E-state index contributed by atoms with van der Waals surface area (Å²) in [5.41, 5.74) is 3.01. The average Bonchev–Trinajstić information content (AvgIpc) is 2.80. The molecule has 0 bridgehead atoms. The molecule has 4 heteroatoms. The zero-order valence-corrected chi connectivity index (χ0v) is 11.4. The van der Waals surface area contributed by atoms with Crippen LogP contribution < -0.4 is 11.3 Å². The second kappa shape index (κ2) is 6.90. The van der Waals surface area contributed by atoms with Crippen molar-refractivity contribution in [1.29, 1.82) is 0 Å². The topological polar surface area (TPSA) is 55.9 Å². The predicted octanol–water partition coefficient (Wildman–Crippen LogP) is 2.77. The lowest BCUT2D eigenvalue weighted by molar-refractivity contribution is 0.277. The van der Waals surface area contributed by atoms with Crippen molar-refractivity contribution in [1.82, 2.24) is 15.0 Å². The van der Waals surface area contributed by atoms with Gasteiger partial charge in [0.2, 0.25) is 0 Å². The summed E-state index contributed by atoms with van der Waals surface area (Å²) in [5.74, 6) is 7.54. The number of hydrogen-bond donors (Lipinski definition) is 2. The Hall–Kier alpha value is -0.870. The Labute approximate surface area is 110 Å². The molecule has 0 aromatic carbocycles. The van der Waals surface area contributed by atoms with Crippen LogP contribution in [0.2, 0.25) is 0 Å². The van der Waals surface area contributed by atoms with E-state index in [1.54, 1.807) is 0 Å². The molecule has 1 heterocycles. The lowest BCUT2D eigenvalue weighted by Gasteiger charge is -2.28. The first-order valence-corrected chi connectivity index (χ1v) is 7.34. The first-order valence-electron chi connectivity index (χ1n) is 7.34. The first-order chi connectivity index (χ1) is 8.86. The Morgan fingerprint density at radius 2 is 2.00 bits per heavy atom. The smallest absolute Gasteiger partial charge is 0.127 e. The van der Waals surface area contributed by atoms with Crippen LogP contribution in [0.4, 0.5) is 0 Å². The molecule has 0 spiro atoms. The number of hydrazine groups is 1. The molecule has 1 aliphatic carbocycles. The third-order valence-electron chi connectivity index (χ3n) is 4.17. The number of nitrogens with zero attached hydrogens (tertiary/aromatic N) is 2. The fourth-order valence-corrected chi connectivity index (χ4v) is 3.11. The Morgan fingerprint density at radius 1 is 1.33 bits per heavy atom. The molecule has 0 amide bonds. The maximum absolute atomic E-state index is 5.81. The zero-order valence-electron chi connectivity index (χ0n) is 11.4. The van der Waals surface area contributed by atoms with Gasteiger partial charge in [-0.05, 0) is 25.7 Å². The zero-order chi connectivity index (χ0) is 12.8. The Kier molecular flexibility index (Phi) is 5.20. The van der Waals surface area contributed by atoms with Crippen molar-refractivity contribution < 1.29 is 0 Å². The Balaban J connectivity index is 2.10. The lowest BCUT2D eigenvalue weighted by Crippen LogP contribution is -2.36. The molecule has 0 aliphatic heterocycles. The molecule has 1 fully saturated rings. The largest absolute Gasteiger partial charge is 0.334 e. The van der Waals surface area contributed by atoms with Crippen LogP contribution >= 0.6 is 0 Å². The predicted molar refractivity (Wildman–Crippen MR) is 73.8 cm³/mol. The van der Waals surface area contributed by atoms with Gasteiger partial charge in [0.05, 0.1) is 6.04 Å². The molecule has 1 atom stereocenters. The highest BCUT2D eigenvalue weighted by Crippen LogP contribution is 2.31. The molecule has 1 aliphatic rings. The van der Waals surface area contributed by atoms with E-state index in [1.807, 2.05) is 12.4 Å². The van der Waals surface area contributed by atoms with Gasteiger partial charge in [0, 0.05) is 18.9 Å². The molecule has 1 saturated carbocycles. The van der Waals surface area contributed by atoms with Crippen molar-refractivity contribution in [2.75, 3.05) is 0 Å². The van der Waals surface area contributed by atoms with Crippen molar-refractivity contribution in [2.24, 2.45) is 11.8 Å². The van der Waals surface area contributed by atoms with Gasteiger partial charge in [-0.25, -0.2) is 10.4 Å². The summed E-state index contributed by atoms with van der Waals surface area (Å²) in [6, 6.07) is 0.207. The van der Waals surface area contributed by atoms with E-state index in [2.05, 4.69) is 21.9 Å². The summed E-state index contributed by atoms with van der Waals surface area (Å²) in [7, 11) is 0. The van der Waals surface area contributed by atoms with E-state index >= 15 is 0 Å². The second-order valence-corrected chi connectivity index (χ2v) is 5.32. The minimum atomic E-state index is 0.207. The van der Waals surface area contributed by atoms with Crippen LogP contribution in [-0.4, -0.2) is 9.55 Å². The van der Waals surface area contributed by atoms with Gasteiger partial charge in [-0.1, -0.05) is 32.1 Å². The van der Waals surface area contributed by atoms with E-state index in [4.69, 9.17) is 5.84 Å². The van der Waals surface area contributed by atoms with Crippen LogP contribution in [0.25, 0.3) is 0 Å². The highest BCUT2D eigenvalue weighted by atomic mass is 15.3. The normalized spacial score (nSPS) is 20.3. The molecule has 3 N–H and O–H groups in total. The third kappa shape index (κ3) is 3.12. The molecule has 2 rings (SSSR count). The van der Waals surface area contributed by atoms with Crippen LogP contribution in [-0.2, 0) is 6.54 Å². The number of nitrogens with two attached hydrogens (primary N) is 1. The van der Waals surface area contributed by atoms with Crippen LogP contribution in [0, 0.1) is 5.92 Å². The SMILES string of the molecule is CCn1ccnc1C(NN)C1CCCCCCC1. The summed E-state index contributed by atoms with van der Waals surface area (Å²) in [6.07, 6.45) is 13.3. The number of rotatable bonds is 4. The minimum absolute atomic E-state index is 0.207. The minimum Gasteiger partial charge on any atom is -0.334 e. The van der Waals surface area contributed by atoms with E-state index in [0.29, 0.717) is 5.92 Å². The van der Waals surface area contributed by atoms with Crippen molar-refractivity contribution >= 4 is 0 Å². The number of nitrogens with one attached hydrogen (secondary N) is 1. The molecular weight excluding hydrogens is 224 g/mol. The van der Waals surface area contributed by atoms with Crippen molar-refractivity contribution in [3.05, 3.63) is 18.2 Å². The molecule has 1 aromatic heterocycles. The second-order valence-electron chi connectivity index (χ2n) is 5.32. The molecule has 1 aromatic rings. The molecule has 4 nitrogen and oxygen atoms in total. The Morgan fingerprint density at radius 3 is 2.61 bits per heavy atom. The molecule has 0 radical (unpaired) electrons. The van der Waals surface area contributed by atoms with Gasteiger partial charge in [0.25, 0.3) is 0 Å². The summed E-state index contributed by atoms with van der Waals surface area (Å²) in [6.45, 7) is 3.11. The van der Waals surface area contributed by atoms with Gasteiger partial charge in [-0.3, -0.25) is 5.84 Å². The van der Waals surface area contributed by atoms with Crippen LogP contribution in [0.3, 0.4) is 0 Å². The number of aromatic nitrogens is 2. The van der Waals surface area contributed by atoms with E-state index in [0.717, 1.165) is 12.4 Å². The summed E-state index contributed by atoms with van der Waals surface area (Å²) in [5, 5.41) is 0.